The van der Waals surface area contributed by atoms with Crippen LogP contribution in [-0.4, -0.2) is 26.2 Å². The highest BCUT2D eigenvalue weighted by molar-refractivity contribution is 6.32. The highest BCUT2D eigenvalue weighted by Gasteiger charge is 2.19. The highest BCUT2D eigenvalue weighted by Crippen LogP contribution is 2.38. The van der Waals surface area contributed by atoms with Gasteiger partial charge in [-0.3, -0.25) is 4.79 Å². The van der Waals surface area contributed by atoms with Crippen LogP contribution in [0, 0.1) is 0 Å². The number of ether oxygens (including phenoxy) is 3. The Labute approximate surface area is 139 Å². The van der Waals surface area contributed by atoms with Crippen LogP contribution in [0.1, 0.15) is 15.9 Å². The molecular formula is C17H16ClNO4. The van der Waals surface area contributed by atoms with Crippen LogP contribution in [0.15, 0.2) is 36.4 Å². The van der Waals surface area contributed by atoms with Crippen molar-refractivity contribution in [2.75, 3.05) is 25.6 Å². The molecule has 6 heteroatoms. The third-order valence-corrected chi connectivity index (χ3v) is 3.64. The third kappa shape index (κ3) is 3.57. The van der Waals surface area contributed by atoms with Crippen LogP contribution in [0.4, 0.5) is 5.69 Å². The summed E-state index contributed by atoms with van der Waals surface area (Å²) in [5.41, 5.74) is 2.08. The van der Waals surface area contributed by atoms with Crippen LogP contribution >= 0.6 is 11.6 Å². The van der Waals surface area contributed by atoms with Crippen LogP contribution in [0.25, 0.3) is 0 Å². The van der Waals surface area contributed by atoms with Gasteiger partial charge in [-0.15, -0.1) is 0 Å². The lowest BCUT2D eigenvalue weighted by Gasteiger charge is -2.20. The number of carbonyl (C=O) groups is 1. The number of methoxy groups -OCH3 is 1. The molecule has 1 aliphatic rings. The van der Waals surface area contributed by atoms with Crippen molar-refractivity contribution >= 4 is 23.2 Å². The second-order valence-corrected chi connectivity index (χ2v) is 5.48. The van der Waals surface area contributed by atoms with Crippen molar-refractivity contribution in [1.82, 2.24) is 0 Å². The minimum atomic E-state index is -0.265. The van der Waals surface area contributed by atoms with E-state index in [2.05, 4.69) is 5.32 Å². The monoisotopic (exact) mass is 333 g/mol. The smallest absolute Gasteiger partial charge is 0.255 e. The Morgan fingerprint density at radius 2 is 2.09 bits per heavy atom. The van der Waals surface area contributed by atoms with E-state index in [9.17, 15) is 4.79 Å². The molecular weight excluding hydrogens is 318 g/mol. The molecule has 0 saturated heterocycles. The molecule has 3 rings (SSSR count). The molecule has 1 N–H and O–H groups in total. The molecule has 5 nitrogen and oxygen atoms in total. The fourth-order valence-electron chi connectivity index (χ4n) is 2.35. The van der Waals surface area contributed by atoms with Crippen molar-refractivity contribution in [2.24, 2.45) is 0 Å². The van der Waals surface area contributed by atoms with E-state index in [1.165, 1.54) is 0 Å². The molecule has 2 aromatic rings. The maximum atomic E-state index is 12.4. The lowest BCUT2D eigenvalue weighted by atomic mass is 10.1. The Kier molecular flexibility index (Phi) is 4.69. The summed E-state index contributed by atoms with van der Waals surface area (Å²) in [5.74, 6) is 0.706. The SMILES string of the molecule is COCc1cccc(NC(=O)c2cc(Cl)c3c(c2)OCCO3)c1. The maximum Gasteiger partial charge on any atom is 0.255 e. The molecule has 1 heterocycles. The molecule has 120 valence electrons. The van der Waals surface area contributed by atoms with E-state index in [0.717, 1.165) is 5.56 Å². The number of hydrogen-bond acceptors (Lipinski definition) is 4. The summed E-state index contributed by atoms with van der Waals surface area (Å²) >= 11 is 6.16. The first-order valence-corrected chi connectivity index (χ1v) is 7.53. The summed E-state index contributed by atoms with van der Waals surface area (Å²) in [6.45, 7) is 1.37. The summed E-state index contributed by atoms with van der Waals surface area (Å²) in [6.07, 6.45) is 0. The van der Waals surface area contributed by atoms with Gasteiger partial charge in [0.1, 0.15) is 13.2 Å². The zero-order valence-corrected chi connectivity index (χ0v) is 13.4. The van der Waals surface area contributed by atoms with Gasteiger partial charge in [0.15, 0.2) is 11.5 Å². The number of rotatable bonds is 4. The minimum Gasteiger partial charge on any atom is -0.486 e. The van der Waals surface area contributed by atoms with Crippen molar-refractivity contribution in [1.29, 1.82) is 0 Å². The Hall–Kier alpha value is -2.24. The predicted molar refractivity (Wildman–Crippen MR) is 87.6 cm³/mol. The molecule has 0 unspecified atom stereocenters. The summed E-state index contributed by atoms with van der Waals surface area (Å²) in [4.78, 5) is 12.4. The largest absolute Gasteiger partial charge is 0.486 e. The van der Waals surface area contributed by atoms with Gasteiger partial charge in [0.2, 0.25) is 0 Å². The summed E-state index contributed by atoms with van der Waals surface area (Å²) < 4.78 is 16.0. The second-order valence-electron chi connectivity index (χ2n) is 5.07. The van der Waals surface area contributed by atoms with Gasteiger partial charge in [-0.2, -0.15) is 0 Å². The molecule has 0 spiro atoms. The van der Waals surface area contributed by atoms with Gasteiger partial charge in [-0.1, -0.05) is 23.7 Å². The van der Waals surface area contributed by atoms with Gasteiger partial charge < -0.3 is 19.5 Å². The van der Waals surface area contributed by atoms with Gasteiger partial charge in [-0.05, 0) is 29.8 Å². The summed E-state index contributed by atoms with van der Waals surface area (Å²) in [5, 5.41) is 3.20. The molecule has 2 aromatic carbocycles. The zero-order valence-electron chi connectivity index (χ0n) is 12.6. The quantitative estimate of drug-likeness (QED) is 0.930. The van der Waals surface area contributed by atoms with Crippen LogP contribution < -0.4 is 14.8 Å². The first-order valence-electron chi connectivity index (χ1n) is 7.16. The van der Waals surface area contributed by atoms with Gasteiger partial charge in [0.05, 0.1) is 11.6 Å². The molecule has 0 aliphatic carbocycles. The molecule has 0 fully saturated rings. The van der Waals surface area contributed by atoms with Gasteiger partial charge in [0.25, 0.3) is 5.91 Å². The number of carbonyl (C=O) groups excluding carboxylic acids is 1. The van der Waals surface area contributed by atoms with E-state index in [1.807, 2.05) is 24.3 Å². The van der Waals surface area contributed by atoms with E-state index in [4.69, 9.17) is 25.8 Å². The predicted octanol–water partition coefficient (Wildman–Crippen LogP) is 3.51. The van der Waals surface area contributed by atoms with E-state index in [0.29, 0.717) is 47.6 Å². The number of nitrogens with one attached hydrogen (secondary N) is 1. The summed E-state index contributed by atoms with van der Waals surface area (Å²) in [7, 11) is 1.63. The second kappa shape index (κ2) is 6.89. The van der Waals surface area contributed by atoms with Gasteiger partial charge in [0, 0.05) is 18.4 Å². The van der Waals surface area contributed by atoms with Gasteiger partial charge in [-0.25, -0.2) is 0 Å². The number of fused-ring (bicyclic) bond motifs is 1. The molecule has 1 aliphatic heterocycles. The molecule has 0 aromatic heterocycles. The van der Waals surface area contributed by atoms with Gasteiger partial charge >= 0.3 is 0 Å². The molecule has 0 bridgehead atoms. The number of benzene rings is 2. The van der Waals surface area contributed by atoms with Crippen LogP contribution in [0.5, 0.6) is 11.5 Å². The average Bonchev–Trinajstić information content (AvgIpc) is 2.55. The van der Waals surface area contributed by atoms with E-state index < -0.39 is 0 Å². The minimum absolute atomic E-state index is 0.265. The Balaban J connectivity index is 1.81. The van der Waals surface area contributed by atoms with Crippen LogP contribution in [-0.2, 0) is 11.3 Å². The number of halogens is 1. The Bertz CT molecular complexity index is 733. The lowest BCUT2D eigenvalue weighted by Crippen LogP contribution is -2.17. The fraction of sp³-hybridized carbons (Fsp3) is 0.235. The molecule has 0 saturated carbocycles. The van der Waals surface area contributed by atoms with E-state index in [-0.39, 0.29) is 5.91 Å². The molecule has 1 amide bonds. The standard InChI is InChI=1S/C17H16ClNO4/c1-21-10-11-3-2-4-13(7-11)19-17(20)12-8-14(18)16-15(9-12)22-5-6-23-16/h2-4,7-9H,5-6,10H2,1H3,(H,19,20). The van der Waals surface area contributed by atoms with Crippen molar-refractivity contribution in [3.8, 4) is 11.5 Å². The highest BCUT2D eigenvalue weighted by atomic mass is 35.5. The van der Waals surface area contributed by atoms with Crippen molar-refractivity contribution in [3.63, 3.8) is 0 Å². The zero-order chi connectivity index (χ0) is 16.2. The maximum absolute atomic E-state index is 12.4. The van der Waals surface area contributed by atoms with Crippen LogP contribution in [0.2, 0.25) is 5.02 Å². The molecule has 0 atom stereocenters. The number of amides is 1. The van der Waals surface area contributed by atoms with Crippen molar-refractivity contribution in [3.05, 3.63) is 52.5 Å². The lowest BCUT2D eigenvalue weighted by molar-refractivity contribution is 0.102. The Morgan fingerprint density at radius 3 is 2.91 bits per heavy atom. The summed E-state index contributed by atoms with van der Waals surface area (Å²) in [6, 6.07) is 10.7. The topological polar surface area (TPSA) is 56.8 Å². The number of hydrogen-bond donors (Lipinski definition) is 1. The van der Waals surface area contributed by atoms with Crippen molar-refractivity contribution in [2.45, 2.75) is 6.61 Å². The van der Waals surface area contributed by atoms with E-state index >= 15 is 0 Å². The fourth-order valence-corrected chi connectivity index (χ4v) is 2.62. The van der Waals surface area contributed by atoms with E-state index in [1.54, 1.807) is 19.2 Å². The van der Waals surface area contributed by atoms with Crippen molar-refractivity contribution < 1.29 is 19.0 Å². The Morgan fingerprint density at radius 1 is 1.26 bits per heavy atom. The number of anilines is 1. The normalized spacial score (nSPS) is 12.8. The third-order valence-electron chi connectivity index (χ3n) is 3.35. The molecule has 0 radical (unpaired) electrons. The van der Waals surface area contributed by atoms with Crippen LogP contribution in [0.3, 0.4) is 0 Å². The first kappa shape index (κ1) is 15.6. The molecule has 23 heavy (non-hydrogen) atoms. The average molecular weight is 334 g/mol. The first-order chi connectivity index (χ1) is 11.2.